The van der Waals surface area contributed by atoms with Crippen molar-refractivity contribution in [2.24, 2.45) is 0 Å². The van der Waals surface area contributed by atoms with Crippen LogP contribution in [0.4, 0.5) is 8.78 Å². The summed E-state index contributed by atoms with van der Waals surface area (Å²) in [5.41, 5.74) is -0.0219. The van der Waals surface area contributed by atoms with Crippen LogP contribution in [0.5, 0.6) is 0 Å². The van der Waals surface area contributed by atoms with E-state index in [0.717, 1.165) is 0 Å². The third-order valence-electron chi connectivity index (χ3n) is 4.37. The molecule has 2 fully saturated rings. The molecule has 0 amide bonds. The van der Waals surface area contributed by atoms with Crippen LogP contribution in [0, 0.1) is 0 Å². The molecule has 6 heteroatoms. The fraction of sp³-hybridized carbons (Fsp3) is 0.846. The van der Waals surface area contributed by atoms with Gasteiger partial charge in [-0.05, 0) is 18.1 Å². The van der Waals surface area contributed by atoms with E-state index in [1.807, 2.05) is 0 Å². The maximum Gasteiger partial charge on any atom is 0.274 e. The summed E-state index contributed by atoms with van der Waals surface area (Å²) in [4.78, 5) is 0. The summed E-state index contributed by atoms with van der Waals surface area (Å²) in [6.07, 6.45) is -2.92. The zero-order valence-corrected chi connectivity index (χ0v) is 13.1. The van der Waals surface area contributed by atoms with Gasteiger partial charge in [-0.3, -0.25) is 0 Å². The van der Waals surface area contributed by atoms with E-state index in [9.17, 15) is 8.78 Å². The van der Waals surface area contributed by atoms with Gasteiger partial charge in [-0.2, -0.15) is 8.78 Å². The minimum atomic E-state index is -1.94. The molecule has 0 radical (unpaired) electrons. The van der Waals surface area contributed by atoms with Crippen molar-refractivity contribution in [3.05, 3.63) is 11.7 Å². The maximum atomic E-state index is 12.7. The van der Waals surface area contributed by atoms with Gasteiger partial charge in [0.2, 0.25) is 0 Å². The fourth-order valence-electron chi connectivity index (χ4n) is 2.16. The van der Waals surface area contributed by atoms with Gasteiger partial charge in [0.25, 0.3) is 6.08 Å². The summed E-state index contributed by atoms with van der Waals surface area (Å²) in [5, 5.41) is 0.0771. The second-order valence-electron chi connectivity index (χ2n) is 6.73. The second kappa shape index (κ2) is 4.91. The molecule has 2 aliphatic rings. The van der Waals surface area contributed by atoms with Crippen LogP contribution >= 0.6 is 0 Å². The van der Waals surface area contributed by atoms with E-state index in [0.29, 0.717) is 6.61 Å². The van der Waals surface area contributed by atoms with Crippen LogP contribution in [0.1, 0.15) is 20.8 Å². The first-order valence-electron chi connectivity index (χ1n) is 6.58. The first-order valence-corrected chi connectivity index (χ1v) is 9.49. The molecule has 110 valence electrons. The van der Waals surface area contributed by atoms with Gasteiger partial charge in [-0.15, -0.1) is 0 Å². The normalized spacial score (nSPS) is 31.7. The molecular formula is C13H22F2O3Si. The van der Waals surface area contributed by atoms with Crippen molar-refractivity contribution in [3.63, 3.8) is 0 Å². The molecule has 0 unspecified atom stereocenters. The average Bonchev–Trinajstić information content (AvgIpc) is 2.78. The van der Waals surface area contributed by atoms with E-state index >= 15 is 0 Å². The highest BCUT2D eigenvalue weighted by molar-refractivity contribution is 6.74. The Morgan fingerprint density at radius 1 is 1.26 bits per heavy atom. The van der Waals surface area contributed by atoms with Crippen molar-refractivity contribution in [1.29, 1.82) is 0 Å². The van der Waals surface area contributed by atoms with E-state index in [1.54, 1.807) is 0 Å². The number of halogens is 2. The van der Waals surface area contributed by atoms with Crippen LogP contribution in [0.15, 0.2) is 11.7 Å². The Bertz CT molecular complexity index is 386. The quantitative estimate of drug-likeness (QED) is 0.731. The lowest BCUT2D eigenvalue weighted by atomic mass is 10.1. The molecule has 0 saturated carbocycles. The van der Waals surface area contributed by atoms with Crippen LogP contribution in [0.3, 0.4) is 0 Å². The molecular weight excluding hydrogens is 270 g/mol. The average molecular weight is 292 g/mol. The first kappa shape index (κ1) is 15.1. The molecule has 3 nitrogen and oxygen atoms in total. The molecule has 3 atom stereocenters. The third kappa shape index (κ3) is 2.77. The predicted octanol–water partition coefficient (Wildman–Crippen LogP) is 3.33. The summed E-state index contributed by atoms with van der Waals surface area (Å²) in [5.74, 6) is 0. The van der Waals surface area contributed by atoms with Gasteiger partial charge in [0.05, 0.1) is 24.9 Å². The van der Waals surface area contributed by atoms with Crippen LogP contribution in [-0.2, 0) is 13.9 Å². The monoisotopic (exact) mass is 292 g/mol. The maximum absolute atomic E-state index is 12.7. The fourth-order valence-corrected chi connectivity index (χ4v) is 3.48. The highest BCUT2D eigenvalue weighted by Gasteiger charge is 2.50. The van der Waals surface area contributed by atoms with Gasteiger partial charge in [0.15, 0.2) is 8.32 Å². The number of hydrogen-bond donors (Lipinski definition) is 0. The van der Waals surface area contributed by atoms with Gasteiger partial charge in [0.1, 0.15) is 12.2 Å². The minimum Gasteiger partial charge on any atom is -0.409 e. The highest BCUT2D eigenvalue weighted by Crippen LogP contribution is 2.41. The van der Waals surface area contributed by atoms with Gasteiger partial charge in [-0.25, -0.2) is 0 Å². The topological polar surface area (TPSA) is 27.7 Å². The predicted molar refractivity (Wildman–Crippen MR) is 70.8 cm³/mol. The summed E-state index contributed by atoms with van der Waals surface area (Å²) in [7, 11) is -1.94. The van der Waals surface area contributed by atoms with Crippen molar-refractivity contribution >= 4 is 8.32 Å². The van der Waals surface area contributed by atoms with E-state index < -0.39 is 20.5 Å². The van der Waals surface area contributed by atoms with Crippen molar-refractivity contribution in [3.8, 4) is 0 Å². The molecule has 0 aromatic heterocycles. The Balaban J connectivity index is 2.09. The first-order chi connectivity index (χ1) is 8.63. The molecule has 0 spiro atoms. The zero-order chi connectivity index (χ0) is 14.4. The zero-order valence-electron chi connectivity index (χ0n) is 12.1. The van der Waals surface area contributed by atoms with E-state index in [-0.39, 0.29) is 29.4 Å². The Labute approximate surface area is 114 Å². The Morgan fingerprint density at radius 3 is 2.42 bits per heavy atom. The second-order valence-corrected chi connectivity index (χ2v) is 11.5. The Morgan fingerprint density at radius 2 is 1.89 bits per heavy atom. The number of rotatable bonds is 2. The summed E-state index contributed by atoms with van der Waals surface area (Å²) < 4.78 is 42.6. The molecule has 2 rings (SSSR count). The molecule has 0 bridgehead atoms. The lowest BCUT2D eigenvalue weighted by Gasteiger charge is -2.39. The van der Waals surface area contributed by atoms with Crippen LogP contribution < -0.4 is 0 Å². The number of ether oxygens (including phenoxy) is 2. The Kier molecular flexibility index (Phi) is 3.90. The van der Waals surface area contributed by atoms with Crippen LogP contribution in [-0.4, -0.2) is 39.8 Å². The summed E-state index contributed by atoms with van der Waals surface area (Å²) in [6.45, 7) is 11.0. The molecule has 2 heterocycles. The summed E-state index contributed by atoms with van der Waals surface area (Å²) >= 11 is 0. The molecule has 2 aliphatic heterocycles. The Hall–Kier alpha value is -0.303. The molecule has 0 aliphatic carbocycles. The smallest absolute Gasteiger partial charge is 0.274 e. The van der Waals surface area contributed by atoms with Gasteiger partial charge in [-0.1, -0.05) is 20.8 Å². The SMILES string of the molecule is CC(C)(C)[Si](C)(C)O[C@@H]1CO[C@@H]2C(=C(F)F)CO[C@H]21. The van der Waals surface area contributed by atoms with Crippen LogP contribution in [0.25, 0.3) is 0 Å². The lowest BCUT2D eigenvalue weighted by Crippen LogP contribution is -2.47. The number of hydrogen-bond acceptors (Lipinski definition) is 3. The van der Waals surface area contributed by atoms with Gasteiger partial charge in [0, 0.05) is 0 Å². The highest BCUT2D eigenvalue weighted by atomic mass is 28.4. The summed E-state index contributed by atoms with van der Waals surface area (Å²) in [6, 6.07) is 0. The van der Waals surface area contributed by atoms with Crippen molar-refractivity contribution in [1.82, 2.24) is 0 Å². The molecule has 0 aromatic carbocycles. The molecule has 19 heavy (non-hydrogen) atoms. The lowest BCUT2D eigenvalue weighted by molar-refractivity contribution is 0.0251. The van der Waals surface area contributed by atoms with Crippen molar-refractivity contribution in [2.75, 3.05) is 13.2 Å². The van der Waals surface area contributed by atoms with Crippen molar-refractivity contribution < 1.29 is 22.7 Å². The molecule has 2 saturated heterocycles. The number of fused-ring (bicyclic) bond motifs is 1. The van der Waals surface area contributed by atoms with E-state index in [2.05, 4.69) is 33.9 Å². The van der Waals surface area contributed by atoms with Crippen molar-refractivity contribution in [2.45, 2.75) is 57.2 Å². The minimum absolute atomic E-state index is 0.0219. The van der Waals surface area contributed by atoms with Gasteiger partial charge < -0.3 is 13.9 Å². The van der Waals surface area contributed by atoms with E-state index in [4.69, 9.17) is 13.9 Å². The van der Waals surface area contributed by atoms with E-state index in [1.165, 1.54) is 0 Å². The van der Waals surface area contributed by atoms with Crippen LogP contribution in [0.2, 0.25) is 18.1 Å². The third-order valence-corrected chi connectivity index (χ3v) is 8.88. The van der Waals surface area contributed by atoms with Gasteiger partial charge >= 0.3 is 0 Å². The molecule has 0 N–H and O–H groups in total. The molecule has 0 aromatic rings. The standard InChI is InChI=1S/C13H22F2O3Si/c1-13(2,3)19(4,5)18-9-7-17-10-8(12(14)15)6-16-11(9)10/h9-11H,6-7H2,1-5H3/t9-,10-,11+/m1/s1. The largest absolute Gasteiger partial charge is 0.409 e.